The summed E-state index contributed by atoms with van der Waals surface area (Å²) in [5.41, 5.74) is 0.0931. The van der Waals surface area contributed by atoms with Crippen molar-refractivity contribution in [3.63, 3.8) is 0 Å². The number of benzene rings is 1. The number of nitrogens with one attached hydrogen (secondary N) is 1. The number of methoxy groups -OCH3 is 1. The number of rotatable bonds is 2. The van der Waals surface area contributed by atoms with Crippen LogP contribution >= 0.6 is 12.4 Å². The molecule has 15 heavy (non-hydrogen) atoms. The van der Waals surface area contributed by atoms with Crippen molar-refractivity contribution >= 4 is 12.4 Å². The third kappa shape index (κ3) is 2.06. The predicted molar refractivity (Wildman–Crippen MR) is 55.5 cm³/mol. The molecule has 1 atom stereocenters. The zero-order valence-corrected chi connectivity index (χ0v) is 9.04. The molecular formula is C10H12ClF2NO. The molecule has 0 radical (unpaired) electrons. The number of hydrogen-bond donors (Lipinski definition) is 1. The summed E-state index contributed by atoms with van der Waals surface area (Å²) in [6.07, 6.45) is 0.765. The molecule has 0 amide bonds. The third-order valence-corrected chi connectivity index (χ3v) is 2.48. The minimum Gasteiger partial charge on any atom is -0.494 e. The van der Waals surface area contributed by atoms with Gasteiger partial charge in [-0.25, -0.2) is 8.78 Å². The van der Waals surface area contributed by atoms with E-state index in [9.17, 15) is 8.78 Å². The highest BCUT2D eigenvalue weighted by Crippen LogP contribution is 2.32. The fraction of sp³-hybridized carbons (Fsp3) is 0.400. The molecule has 84 valence electrons. The Bertz CT molecular complexity index is 356. The maximum absolute atomic E-state index is 13.6. The van der Waals surface area contributed by atoms with Gasteiger partial charge in [0.2, 0.25) is 0 Å². The Morgan fingerprint density at radius 3 is 2.53 bits per heavy atom. The van der Waals surface area contributed by atoms with Gasteiger partial charge in [-0.2, -0.15) is 0 Å². The molecule has 1 fully saturated rings. The van der Waals surface area contributed by atoms with E-state index >= 15 is 0 Å². The predicted octanol–water partition coefficient (Wildman–Crippen LogP) is 2.43. The van der Waals surface area contributed by atoms with Crippen molar-refractivity contribution < 1.29 is 13.5 Å². The first-order valence-corrected chi connectivity index (χ1v) is 4.49. The van der Waals surface area contributed by atoms with Crippen molar-refractivity contribution in [1.29, 1.82) is 0 Å². The highest BCUT2D eigenvalue weighted by Gasteiger charge is 2.27. The van der Waals surface area contributed by atoms with Crippen molar-refractivity contribution in [3.8, 4) is 5.75 Å². The van der Waals surface area contributed by atoms with E-state index in [0.29, 0.717) is 0 Å². The maximum atomic E-state index is 13.6. The largest absolute Gasteiger partial charge is 0.494 e. The average molecular weight is 236 g/mol. The summed E-state index contributed by atoms with van der Waals surface area (Å²) in [6, 6.07) is 2.33. The molecule has 1 aromatic carbocycles. The topological polar surface area (TPSA) is 21.3 Å². The average Bonchev–Trinajstić information content (AvgIpc) is 2.09. The lowest BCUT2D eigenvalue weighted by Gasteiger charge is -2.28. The van der Waals surface area contributed by atoms with Crippen LogP contribution in [0.1, 0.15) is 18.0 Å². The van der Waals surface area contributed by atoms with Gasteiger partial charge in [-0.1, -0.05) is 0 Å². The van der Waals surface area contributed by atoms with Gasteiger partial charge in [0.15, 0.2) is 11.6 Å². The Balaban J connectivity index is 0.00000112. The van der Waals surface area contributed by atoms with Crippen LogP contribution in [0.2, 0.25) is 0 Å². The van der Waals surface area contributed by atoms with Crippen LogP contribution in [0.4, 0.5) is 8.78 Å². The Morgan fingerprint density at radius 1 is 1.40 bits per heavy atom. The summed E-state index contributed by atoms with van der Waals surface area (Å²) >= 11 is 0. The minimum atomic E-state index is -0.593. The Morgan fingerprint density at radius 2 is 2.07 bits per heavy atom. The summed E-state index contributed by atoms with van der Waals surface area (Å²) in [6.45, 7) is 0.806. The monoisotopic (exact) mass is 235 g/mol. The van der Waals surface area contributed by atoms with Crippen LogP contribution in [0.3, 0.4) is 0 Å². The van der Waals surface area contributed by atoms with E-state index in [2.05, 4.69) is 5.32 Å². The zero-order chi connectivity index (χ0) is 10.1. The van der Waals surface area contributed by atoms with Crippen molar-refractivity contribution in [2.24, 2.45) is 0 Å². The van der Waals surface area contributed by atoms with Gasteiger partial charge in [0.25, 0.3) is 0 Å². The van der Waals surface area contributed by atoms with Crippen LogP contribution in [0.25, 0.3) is 0 Å². The number of ether oxygens (including phenoxy) is 1. The van der Waals surface area contributed by atoms with Gasteiger partial charge in [-0.3, -0.25) is 0 Å². The maximum Gasteiger partial charge on any atom is 0.172 e. The van der Waals surface area contributed by atoms with Crippen molar-refractivity contribution in [2.45, 2.75) is 12.5 Å². The Kier molecular flexibility index (Phi) is 3.88. The molecule has 1 heterocycles. The normalized spacial score (nSPS) is 19.0. The zero-order valence-electron chi connectivity index (χ0n) is 8.22. The highest BCUT2D eigenvalue weighted by molar-refractivity contribution is 5.85. The van der Waals surface area contributed by atoms with E-state index in [0.717, 1.165) is 13.0 Å². The Hall–Kier alpha value is -0.870. The smallest absolute Gasteiger partial charge is 0.172 e. The van der Waals surface area contributed by atoms with Gasteiger partial charge in [-0.15, -0.1) is 12.4 Å². The summed E-state index contributed by atoms with van der Waals surface area (Å²) in [5.74, 6) is -1.01. The molecule has 0 saturated carbocycles. The van der Waals surface area contributed by atoms with Crippen molar-refractivity contribution in [2.75, 3.05) is 13.7 Å². The van der Waals surface area contributed by atoms with Crippen LogP contribution in [0, 0.1) is 11.6 Å². The molecule has 2 rings (SSSR count). The fourth-order valence-electron chi connectivity index (χ4n) is 1.56. The first-order chi connectivity index (χ1) is 6.74. The molecule has 1 aliphatic rings. The quantitative estimate of drug-likeness (QED) is 0.850. The second-order valence-electron chi connectivity index (χ2n) is 3.27. The van der Waals surface area contributed by atoms with Crippen molar-refractivity contribution in [3.05, 3.63) is 29.3 Å². The van der Waals surface area contributed by atoms with Gasteiger partial charge in [0, 0.05) is 11.6 Å². The number of hydrogen-bond acceptors (Lipinski definition) is 2. The molecule has 2 nitrogen and oxygen atoms in total. The highest BCUT2D eigenvalue weighted by atomic mass is 35.5. The van der Waals surface area contributed by atoms with Gasteiger partial charge in [0.05, 0.1) is 7.11 Å². The summed E-state index contributed by atoms with van der Waals surface area (Å²) in [5, 5.41) is 2.96. The molecule has 0 bridgehead atoms. The lowest BCUT2D eigenvalue weighted by molar-refractivity contribution is 0.337. The number of halogens is 3. The van der Waals surface area contributed by atoms with Crippen LogP contribution in [0.15, 0.2) is 12.1 Å². The molecule has 0 aromatic heterocycles. The molecule has 1 aliphatic heterocycles. The van der Waals surface area contributed by atoms with E-state index in [-0.39, 0.29) is 29.8 Å². The molecule has 0 spiro atoms. The summed E-state index contributed by atoms with van der Waals surface area (Å²) in [7, 11) is 1.37. The summed E-state index contributed by atoms with van der Waals surface area (Å²) < 4.78 is 31.7. The SMILES string of the molecule is COc1ccc(F)c([C@H]2CCN2)c1F.Cl. The lowest BCUT2D eigenvalue weighted by Crippen LogP contribution is -2.36. The first kappa shape index (κ1) is 12.2. The molecule has 0 aliphatic carbocycles. The molecule has 5 heteroatoms. The van der Waals surface area contributed by atoms with Crippen LogP contribution in [-0.2, 0) is 0 Å². The lowest BCUT2D eigenvalue weighted by atomic mass is 9.96. The second-order valence-corrected chi connectivity index (χ2v) is 3.27. The minimum absolute atomic E-state index is 0. The molecule has 0 unspecified atom stereocenters. The Labute approximate surface area is 93.0 Å². The van der Waals surface area contributed by atoms with Crippen LogP contribution < -0.4 is 10.1 Å². The second kappa shape index (κ2) is 4.77. The molecular weight excluding hydrogens is 224 g/mol. The van der Waals surface area contributed by atoms with Gasteiger partial charge >= 0.3 is 0 Å². The van der Waals surface area contributed by atoms with Gasteiger partial charge in [0.1, 0.15) is 5.82 Å². The molecule has 1 saturated heterocycles. The third-order valence-electron chi connectivity index (χ3n) is 2.48. The first-order valence-electron chi connectivity index (χ1n) is 4.49. The van der Waals surface area contributed by atoms with E-state index in [4.69, 9.17) is 4.74 Å². The van der Waals surface area contributed by atoms with Gasteiger partial charge < -0.3 is 10.1 Å². The van der Waals surface area contributed by atoms with E-state index < -0.39 is 11.6 Å². The van der Waals surface area contributed by atoms with Gasteiger partial charge in [-0.05, 0) is 25.1 Å². The van der Waals surface area contributed by atoms with E-state index in [1.54, 1.807) is 0 Å². The van der Waals surface area contributed by atoms with Crippen LogP contribution in [-0.4, -0.2) is 13.7 Å². The van der Waals surface area contributed by atoms with Crippen LogP contribution in [0.5, 0.6) is 5.75 Å². The van der Waals surface area contributed by atoms with E-state index in [1.165, 1.54) is 19.2 Å². The molecule has 1 N–H and O–H groups in total. The standard InChI is InChI=1S/C10H11F2NO.ClH/c1-14-8-3-2-6(11)9(10(8)12)7-4-5-13-7;/h2-3,7,13H,4-5H2,1H3;1H/t7-;/m1./s1. The van der Waals surface area contributed by atoms with Crippen molar-refractivity contribution in [1.82, 2.24) is 5.32 Å². The fourth-order valence-corrected chi connectivity index (χ4v) is 1.56. The molecule has 1 aromatic rings. The summed E-state index contributed by atoms with van der Waals surface area (Å²) in [4.78, 5) is 0. The van der Waals surface area contributed by atoms with E-state index in [1.807, 2.05) is 0 Å².